The fraction of sp³-hybridized carbons (Fsp3) is 0.300. The number of benzene rings is 2. The summed E-state index contributed by atoms with van der Waals surface area (Å²) in [5.74, 6) is 0.111. The predicted octanol–water partition coefficient (Wildman–Crippen LogP) is 2.78. The molecule has 2 aliphatic heterocycles. The van der Waals surface area contributed by atoms with Crippen LogP contribution in [0.15, 0.2) is 42.5 Å². The topological polar surface area (TPSA) is 86.3 Å². The zero-order valence-corrected chi connectivity index (χ0v) is 15.6. The van der Waals surface area contributed by atoms with E-state index in [1.165, 1.54) is 24.1 Å². The van der Waals surface area contributed by atoms with Crippen molar-refractivity contribution in [3.05, 3.63) is 48.3 Å². The van der Waals surface area contributed by atoms with Gasteiger partial charge in [0.15, 0.2) is 23.1 Å². The normalized spacial score (nSPS) is 19.7. The van der Waals surface area contributed by atoms with Gasteiger partial charge in [0.05, 0.1) is 13.7 Å². The Hall–Kier alpha value is -3.49. The van der Waals surface area contributed by atoms with E-state index in [1.807, 2.05) is 0 Å². The average molecular weight is 402 g/mol. The fourth-order valence-corrected chi connectivity index (χ4v) is 3.36. The van der Waals surface area contributed by atoms with Crippen LogP contribution in [0.3, 0.4) is 0 Å². The highest BCUT2D eigenvalue weighted by atomic mass is 19.1. The summed E-state index contributed by atoms with van der Waals surface area (Å²) >= 11 is 0. The number of methoxy groups -OCH3 is 1. The number of hydrogen-bond donors (Lipinski definition) is 1. The maximum Gasteiger partial charge on any atom is 0.328 e. The molecule has 152 valence electrons. The van der Waals surface area contributed by atoms with Crippen LogP contribution < -0.4 is 19.5 Å². The maximum atomic E-state index is 13.9. The number of carbonyl (C=O) groups is 2. The lowest BCUT2D eigenvalue weighted by atomic mass is 10.2. The van der Waals surface area contributed by atoms with Gasteiger partial charge in [0.25, 0.3) is 0 Å². The minimum absolute atomic E-state index is 0.0687. The first kappa shape index (κ1) is 18.9. The van der Waals surface area contributed by atoms with Gasteiger partial charge in [-0.3, -0.25) is 0 Å². The molecule has 1 N–H and O–H groups in total. The lowest BCUT2D eigenvalue weighted by molar-refractivity contribution is -0.144. The van der Waals surface area contributed by atoms with Crippen molar-refractivity contribution < 1.29 is 32.9 Å². The monoisotopic (exact) mass is 402 g/mol. The second-order valence-corrected chi connectivity index (χ2v) is 6.60. The molecular formula is C20H19FN2O6. The number of nitrogens with zero attached hydrogens (tertiary/aromatic N) is 1. The van der Waals surface area contributed by atoms with Gasteiger partial charge in [0, 0.05) is 18.2 Å². The van der Waals surface area contributed by atoms with E-state index in [-0.39, 0.29) is 25.5 Å². The molecule has 2 heterocycles. The number of fused-ring (bicyclic) bond motifs is 1. The van der Waals surface area contributed by atoms with Crippen LogP contribution in [0.4, 0.5) is 14.9 Å². The van der Waals surface area contributed by atoms with Crippen LogP contribution in [0, 0.1) is 5.82 Å². The number of para-hydroxylation sites is 1. The summed E-state index contributed by atoms with van der Waals surface area (Å²) in [7, 11) is 1.25. The van der Waals surface area contributed by atoms with Gasteiger partial charge in [-0.1, -0.05) is 12.1 Å². The quantitative estimate of drug-likeness (QED) is 0.792. The first-order chi connectivity index (χ1) is 14.0. The minimum Gasteiger partial charge on any atom is -0.485 e. The first-order valence-electron chi connectivity index (χ1n) is 9.01. The van der Waals surface area contributed by atoms with Gasteiger partial charge in [0.2, 0.25) is 6.79 Å². The Kier molecular flexibility index (Phi) is 5.11. The van der Waals surface area contributed by atoms with Gasteiger partial charge in [-0.25, -0.2) is 14.0 Å². The smallest absolute Gasteiger partial charge is 0.328 e. The van der Waals surface area contributed by atoms with Gasteiger partial charge >= 0.3 is 12.0 Å². The third kappa shape index (κ3) is 3.89. The van der Waals surface area contributed by atoms with Gasteiger partial charge in [-0.2, -0.15) is 0 Å². The summed E-state index contributed by atoms with van der Waals surface area (Å²) in [5, 5.41) is 2.73. The third-order valence-electron chi connectivity index (χ3n) is 4.75. The van der Waals surface area contributed by atoms with E-state index in [4.69, 9.17) is 18.9 Å². The van der Waals surface area contributed by atoms with E-state index < -0.39 is 30.0 Å². The predicted molar refractivity (Wildman–Crippen MR) is 99.5 cm³/mol. The molecule has 0 aromatic heterocycles. The Morgan fingerprint density at radius 1 is 1.17 bits per heavy atom. The lowest BCUT2D eigenvalue weighted by Gasteiger charge is -2.22. The van der Waals surface area contributed by atoms with Crippen molar-refractivity contribution in [2.75, 3.05) is 25.8 Å². The molecule has 2 aromatic rings. The van der Waals surface area contributed by atoms with Crippen LogP contribution in [0.2, 0.25) is 0 Å². The number of urea groups is 1. The molecule has 2 aromatic carbocycles. The van der Waals surface area contributed by atoms with Gasteiger partial charge < -0.3 is 29.2 Å². The number of halogens is 1. The Balaban J connectivity index is 1.48. The van der Waals surface area contributed by atoms with Crippen LogP contribution in [-0.2, 0) is 9.53 Å². The summed E-state index contributed by atoms with van der Waals surface area (Å²) in [6.07, 6.45) is -0.367. The van der Waals surface area contributed by atoms with E-state index >= 15 is 0 Å². The van der Waals surface area contributed by atoms with Crippen LogP contribution in [-0.4, -0.2) is 49.5 Å². The van der Waals surface area contributed by atoms with Crippen molar-refractivity contribution in [1.82, 2.24) is 4.90 Å². The standard InChI is InChI=1S/C20H19FN2O6/c1-26-19(24)15-9-13(29-16-5-3-2-4-14(16)21)10-23(15)20(25)22-12-6-7-17-18(8-12)28-11-27-17/h2-8,13,15H,9-11H2,1H3,(H,22,25)/t13-,15-/m1/s1. The largest absolute Gasteiger partial charge is 0.485 e. The van der Waals surface area contributed by atoms with E-state index in [1.54, 1.807) is 30.3 Å². The molecule has 0 bridgehead atoms. The van der Waals surface area contributed by atoms with E-state index in [2.05, 4.69) is 5.32 Å². The summed E-state index contributed by atoms with van der Waals surface area (Å²) in [6.45, 7) is 0.225. The maximum absolute atomic E-state index is 13.9. The van der Waals surface area contributed by atoms with Crippen LogP contribution in [0.5, 0.6) is 17.2 Å². The summed E-state index contributed by atoms with van der Waals surface area (Å²) in [5.41, 5.74) is 0.487. The number of ether oxygens (including phenoxy) is 4. The zero-order chi connectivity index (χ0) is 20.4. The third-order valence-corrected chi connectivity index (χ3v) is 4.75. The number of carbonyl (C=O) groups excluding carboxylic acids is 2. The zero-order valence-electron chi connectivity index (χ0n) is 15.6. The number of esters is 1. The van der Waals surface area contributed by atoms with Crippen molar-refractivity contribution in [2.45, 2.75) is 18.6 Å². The molecule has 29 heavy (non-hydrogen) atoms. The number of rotatable bonds is 4. The van der Waals surface area contributed by atoms with E-state index in [0.29, 0.717) is 17.2 Å². The molecule has 8 nitrogen and oxygen atoms in total. The second-order valence-electron chi connectivity index (χ2n) is 6.60. The Bertz CT molecular complexity index is 937. The molecular weight excluding hydrogens is 383 g/mol. The van der Waals surface area contributed by atoms with Gasteiger partial charge in [0.1, 0.15) is 12.1 Å². The van der Waals surface area contributed by atoms with Crippen LogP contribution in [0.1, 0.15) is 6.42 Å². The van der Waals surface area contributed by atoms with Crippen LogP contribution >= 0.6 is 0 Å². The van der Waals surface area contributed by atoms with Crippen molar-refractivity contribution in [3.63, 3.8) is 0 Å². The molecule has 1 saturated heterocycles. The number of anilines is 1. The minimum atomic E-state index is -0.842. The molecule has 9 heteroatoms. The van der Waals surface area contributed by atoms with Crippen molar-refractivity contribution >= 4 is 17.7 Å². The summed E-state index contributed by atoms with van der Waals surface area (Å²) in [6, 6.07) is 9.63. The van der Waals surface area contributed by atoms with Crippen LogP contribution in [0.25, 0.3) is 0 Å². The number of hydrogen-bond acceptors (Lipinski definition) is 6. The number of nitrogens with one attached hydrogen (secondary N) is 1. The highest BCUT2D eigenvalue weighted by molar-refractivity contribution is 5.93. The van der Waals surface area contributed by atoms with Gasteiger partial charge in [-0.15, -0.1) is 0 Å². The van der Waals surface area contributed by atoms with Crippen molar-refractivity contribution in [2.24, 2.45) is 0 Å². The Morgan fingerprint density at radius 2 is 1.97 bits per heavy atom. The molecule has 0 spiro atoms. The molecule has 0 saturated carbocycles. The summed E-state index contributed by atoms with van der Waals surface area (Å²) in [4.78, 5) is 26.3. The molecule has 1 fully saturated rings. The number of likely N-dealkylation sites (tertiary alicyclic amines) is 1. The Labute approximate surface area is 166 Å². The molecule has 2 atom stereocenters. The fourth-order valence-electron chi connectivity index (χ4n) is 3.36. The molecule has 2 amide bonds. The SMILES string of the molecule is COC(=O)[C@H]1C[C@@H](Oc2ccccc2F)CN1C(=O)Nc1ccc2c(c1)OCO2. The van der Waals surface area contributed by atoms with Gasteiger partial charge in [-0.05, 0) is 24.3 Å². The van der Waals surface area contributed by atoms with E-state index in [9.17, 15) is 14.0 Å². The molecule has 0 unspecified atom stereocenters. The Morgan fingerprint density at radius 3 is 2.76 bits per heavy atom. The molecule has 0 aliphatic carbocycles. The summed E-state index contributed by atoms with van der Waals surface area (Å²) < 4.78 is 34.9. The molecule has 2 aliphatic rings. The first-order valence-corrected chi connectivity index (χ1v) is 9.01. The molecule has 0 radical (unpaired) electrons. The molecule has 4 rings (SSSR count). The second kappa shape index (κ2) is 7.86. The van der Waals surface area contributed by atoms with E-state index in [0.717, 1.165) is 0 Å². The van der Waals surface area contributed by atoms with Crippen molar-refractivity contribution in [3.8, 4) is 17.2 Å². The van der Waals surface area contributed by atoms with Crippen molar-refractivity contribution in [1.29, 1.82) is 0 Å². The lowest BCUT2D eigenvalue weighted by Crippen LogP contribution is -2.43. The highest BCUT2D eigenvalue weighted by Gasteiger charge is 2.42. The highest BCUT2D eigenvalue weighted by Crippen LogP contribution is 2.34. The number of amides is 2. The average Bonchev–Trinajstić information content (AvgIpc) is 3.35.